The molecule has 1 N–H and O–H groups in total. The van der Waals surface area contributed by atoms with Gasteiger partial charge in [-0.05, 0) is 51.9 Å². The van der Waals surface area contributed by atoms with Crippen molar-refractivity contribution in [1.82, 2.24) is 4.90 Å². The highest BCUT2D eigenvalue weighted by Crippen LogP contribution is 2.29. The Morgan fingerprint density at radius 3 is 2.95 bits per heavy atom. The highest BCUT2D eigenvalue weighted by atomic mass is 79.9. The van der Waals surface area contributed by atoms with E-state index in [4.69, 9.17) is 4.74 Å². The van der Waals surface area contributed by atoms with Gasteiger partial charge in [0.15, 0.2) is 0 Å². The van der Waals surface area contributed by atoms with E-state index in [2.05, 4.69) is 27.9 Å². The fraction of sp³-hybridized carbons (Fsp3) is 0.625. The molecule has 0 aliphatic carbocycles. The lowest BCUT2D eigenvalue weighted by atomic mass is 10.0. The van der Waals surface area contributed by atoms with Crippen LogP contribution in [0.3, 0.4) is 0 Å². The Morgan fingerprint density at radius 1 is 1.45 bits per heavy atom. The molecule has 20 heavy (non-hydrogen) atoms. The molecule has 2 rings (SSSR count). The minimum atomic E-state index is -0.504. The summed E-state index contributed by atoms with van der Waals surface area (Å²) in [6, 6.07) is 6.42. The summed E-state index contributed by atoms with van der Waals surface area (Å²) in [5, 5.41) is 9.78. The van der Waals surface area contributed by atoms with Crippen LogP contribution in [0.4, 0.5) is 0 Å². The van der Waals surface area contributed by atoms with Crippen molar-refractivity contribution in [1.29, 1.82) is 0 Å². The van der Waals surface area contributed by atoms with Crippen molar-refractivity contribution in [2.75, 3.05) is 20.2 Å². The van der Waals surface area contributed by atoms with Crippen LogP contribution in [0.2, 0.25) is 0 Å². The van der Waals surface area contributed by atoms with Gasteiger partial charge in [0.1, 0.15) is 5.75 Å². The van der Waals surface area contributed by atoms with Gasteiger partial charge in [-0.1, -0.05) is 28.4 Å². The van der Waals surface area contributed by atoms with Gasteiger partial charge in [-0.15, -0.1) is 0 Å². The molecular formula is C16H24BrNO2. The van der Waals surface area contributed by atoms with Gasteiger partial charge in [0.2, 0.25) is 0 Å². The van der Waals surface area contributed by atoms with E-state index in [0.717, 1.165) is 22.2 Å². The molecule has 1 aromatic carbocycles. The van der Waals surface area contributed by atoms with Crippen molar-refractivity contribution >= 4 is 15.9 Å². The molecule has 112 valence electrons. The summed E-state index contributed by atoms with van der Waals surface area (Å²) in [5.74, 6) is 0.785. The molecule has 4 heteroatoms. The van der Waals surface area contributed by atoms with Crippen molar-refractivity contribution in [3.05, 3.63) is 28.2 Å². The van der Waals surface area contributed by atoms with E-state index >= 15 is 0 Å². The molecule has 0 aromatic heterocycles. The van der Waals surface area contributed by atoms with Gasteiger partial charge in [-0.2, -0.15) is 0 Å². The maximum atomic E-state index is 9.78. The molecule has 1 unspecified atom stereocenters. The second-order valence-electron chi connectivity index (χ2n) is 5.63. The normalized spacial score (nSPS) is 21.7. The summed E-state index contributed by atoms with van der Waals surface area (Å²) >= 11 is 3.45. The van der Waals surface area contributed by atoms with Crippen molar-refractivity contribution in [2.45, 2.75) is 44.8 Å². The van der Waals surface area contributed by atoms with Crippen LogP contribution >= 0.6 is 15.9 Å². The molecule has 1 aliphatic rings. The van der Waals surface area contributed by atoms with Gasteiger partial charge in [-0.3, -0.25) is 0 Å². The highest BCUT2D eigenvalue weighted by Gasteiger charge is 2.19. The molecule has 1 saturated heterocycles. The van der Waals surface area contributed by atoms with Crippen LogP contribution in [-0.2, 0) is 0 Å². The third-order valence-electron chi connectivity index (χ3n) is 4.06. The molecule has 0 amide bonds. The highest BCUT2D eigenvalue weighted by molar-refractivity contribution is 9.10. The van der Waals surface area contributed by atoms with Crippen LogP contribution in [0.1, 0.15) is 44.3 Å². The lowest BCUT2D eigenvalue weighted by Crippen LogP contribution is -2.37. The predicted octanol–water partition coefficient (Wildman–Crippen LogP) is 3.76. The van der Waals surface area contributed by atoms with E-state index in [0.29, 0.717) is 12.6 Å². The predicted molar refractivity (Wildman–Crippen MR) is 85.2 cm³/mol. The number of aliphatic hydroxyl groups is 1. The van der Waals surface area contributed by atoms with Gasteiger partial charge < -0.3 is 14.7 Å². The average molecular weight is 342 g/mol. The number of hydrogen-bond acceptors (Lipinski definition) is 3. The van der Waals surface area contributed by atoms with E-state index in [1.54, 1.807) is 6.92 Å². The monoisotopic (exact) mass is 341 g/mol. The second-order valence-corrected chi connectivity index (χ2v) is 6.54. The maximum absolute atomic E-state index is 9.78. The minimum Gasteiger partial charge on any atom is -0.493 e. The zero-order valence-corrected chi connectivity index (χ0v) is 13.9. The third-order valence-corrected chi connectivity index (χ3v) is 4.55. The number of hydrogen-bond donors (Lipinski definition) is 1. The topological polar surface area (TPSA) is 32.7 Å². The van der Waals surface area contributed by atoms with Gasteiger partial charge in [-0.25, -0.2) is 0 Å². The number of nitrogens with zero attached hydrogens (tertiary/aromatic N) is 1. The Morgan fingerprint density at radius 2 is 2.25 bits per heavy atom. The minimum absolute atomic E-state index is 0.504. The van der Waals surface area contributed by atoms with Crippen LogP contribution in [0.5, 0.6) is 5.75 Å². The Kier molecular flexibility index (Phi) is 5.87. The van der Waals surface area contributed by atoms with E-state index in [1.165, 1.54) is 25.8 Å². The zero-order chi connectivity index (χ0) is 14.5. The molecular weight excluding hydrogens is 318 g/mol. The molecule has 1 heterocycles. The number of aliphatic hydroxyl groups excluding tert-OH is 1. The van der Waals surface area contributed by atoms with Crippen molar-refractivity contribution < 1.29 is 9.84 Å². The lowest BCUT2D eigenvalue weighted by molar-refractivity contribution is 0.149. The van der Waals surface area contributed by atoms with Crippen LogP contribution in [0, 0.1) is 0 Å². The molecule has 1 aliphatic heterocycles. The zero-order valence-electron chi connectivity index (χ0n) is 12.3. The maximum Gasteiger partial charge on any atom is 0.126 e. The molecule has 2 atom stereocenters. The van der Waals surface area contributed by atoms with Gasteiger partial charge >= 0.3 is 0 Å². The number of halogens is 1. The molecule has 0 saturated carbocycles. The Labute approximate surface area is 130 Å². The van der Waals surface area contributed by atoms with Gasteiger partial charge in [0.25, 0.3) is 0 Å². The van der Waals surface area contributed by atoms with E-state index in [9.17, 15) is 5.11 Å². The van der Waals surface area contributed by atoms with Crippen molar-refractivity contribution in [3.63, 3.8) is 0 Å². The fourth-order valence-electron chi connectivity index (χ4n) is 2.79. The standard InChI is InChI=1S/C16H24BrNO2/c1-12(19)15-7-6-13(17)11-16(15)20-10-8-14-5-3-4-9-18(14)2/h6-7,11-12,14,19H,3-5,8-10H2,1-2H3/t12-,14?/m0/s1. The van der Waals surface area contributed by atoms with E-state index in [-0.39, 0.29) is 0 Å². The molecule has 3 nitrogen and oxygen atoms in total. The first-order chi connectivity index (χ1) is 9.58. The summed E-state index contributed by atoms with van der Waals surface area (Å²) in [4.78, 5) is 2.43. The Hall–Kier alpha value is -0.580. The van der Waals surface area contributed by atoms with Crippen molar-refractivity contribution in [2.24, 2.45) is 0 Å². The summed E-state index contributed by atoms with van der Waals surface area (Å²) < 4.78 is 6.89. The fourth-order valence-corrected chi connectivity index (χ4v) is 3.13. The van der Waals surface area contributed by atoms with Gasteiger partial charge in [0, 0.05) is 16.1 Å². The summed E-state index contributed by atoms with van der Waals surface area (Å²) in [7, 11) is 2.20. The number of likely N-dealkylation sites (tertiary alicyclic amines) is 1. The Balaban J connectivity index is 1.91. The van der Waals surface area contributed by atoms with Crippen LogP contribution in [0.15, 0.2) is 22.7 Å². The van der Waals surface area contributed by atoms with Crippen molar-refractivity contribution in [3.8, 4) is 5.75 Å². The first-order valence-corrected chi connectivity index (χ1v) is 8.18. The van der Waals surface area contributed by atoms with Gasteiger partial charge in [0.05, 0.1) is 12.7 Å². The average Bonchev–Trinajstić information content (AvgIpc) is 2.41. The first kappa shape index (κ1) is 15.8. The summed E-state index contributed by atoms with van der Waals surface area (Å²) in [6.07, 6.45) is 4.44. The number of rotatable bonds is 5. The molecule has 1 fully saturated rings. The quantitative estimate of drug-likeness (QED) is 0.885. The summed E-state index contributed by atoms with van der Waals surface area (Å²) in [6.45, 7) is 3.66. The van der Waals surface area contributed by atoms with E-state index < -0.39 is 6.10 Å². The van der Waals surface area contributed by atoms with Crippen LogP contribution < -0.4 is 4.74 Å². The second kappa shape index (κ2) is 7.43. The SMILES string of the molecule is C[C@H](O)c1ccc(Br)cc1OCCC1CCCCN1C. The van der Waals surface area contributed by atoms with Crippen LogP contribution in [0.25, 0.3) is 0 Å². The number of piperidine rings is 1. The third kappa shape index (κ3) is 4.21. The number of ether oxygens (including phenoxy) is 1. The largest absolute Gasteiger partial charge is 0.493 e. The smallest absolute Gasteiger partial charge is 0.126 e. The Bertz CT molecular complexity index is 436. The number of benzene rings is 1. The molecule has 0 radical (unpaired) electrons. The van der Waals surface area contributed by atoms with Crippen LogP contribution in [-0.4, -0.2) is 36.2 Å². The van der Waals surface area contributed by atoms with E-state index in [1.807, 2.05) is 18.2 Å². The summed E-state index contributed by atoms with van der Waals surface area (Å²) in [5.41, 5.74) is 0.852. The lowest BCUT2D eigenvalue weighted by Gasteiger charge is -2.32. The first-order valence-electron chi connectivity index (χ1n) is 7.38. The molecule has 0 bridgehead atoms. The molecule has 1 aromatic rings. The molecule has 0 spiro atoms.